The first-order chi connectivity index (χ1) is 7.54. The number of rotatable bonds is 3. The van der Waals surface area contributed by atoms with E-state index in [1.165, 1.54) is 4.90 Å². The Morgan fingerprint density at radius 1 is 1.56 bits per heavy atom. The van der Waals surface area contributed by atoms with E-state index in [0.29, 0.717) is 6.54 Å². The summed E-state index contributed by atoms with van der Waals surface area (Å²) < 4.78 is 5.98. The van der Waals surface area contributed by atoms with Crippen LogP contribution in [0.1, 0.15) is 20.8 Å². The molecule has 0 atom stereocenters. The Balaban J connectivity index is 2.85. The van der Waals surface area contributed by atoms with Crippen molar-refractivity contribution in [3.05, 3.63) is 22.9 Å². The topological polar surface area (TPSA) is 42.4 Å². The van der Waals surface area contributed by atoms with Crippen molar-refractivity contribution in [1.29, 1.82) is 0 Å². The van der Waals surface area contributed by atoms with Gasteiger partial charge in [0.25, 0.3) is 0 Å². The summed E-state index contributed by atoms with van der Waals surface area (Å²) in [5.74, 6) is 0. The minimum atomic E-state index is -0.350. The summed E-state index contributed by atoms with van der Waals surface area (Å²) in [4.78, 5) is 17.3. The molecule has 5 heteroatoms. The van der Waals surface area contributed by atoms with Crippen molar-refractivity contribution in [2.24, 2.45) is 0 Å². The second-order valence-corrected chi connectivity index (χ2v) is 4.45. The molecule has 0 N–H and O–H groups in total. The standard InChI is InChI=1S/C11H15BrN2O2/c1-4-14(11(15)16-8(2)3)10-5-9(12)6-13-7-10/h5-8H,4H2,1-3H3. The van der Waals surface area contributed by atoms with Crippen molar-refractivity contribution in [1.82, 2.24) is 4.98 Å². The lowest BCUT2D eigenvalue weighted by Gasteiger charge is -2.21. The van der Waals surface area contributed by atoms with E-state index in [0.717, 1.165) is 10.2 Å². The maximum absolute atomic E-state index is 11.8. The first-order valence-electron chi connectivity index (χ1n) is 5.13. The summed E-state index contributed by atoms with van der Waals surface area (Å²) in [6.07, 6.45) is 2.83. The van der Waals surface area contributed by atoms with Gasteiger partial charge in [0.1, 0.15) is 0 Å². The molecule has 1 heterocycles. The van der Waals surface area contributed by atoms with E-state index in [-0.39, 0.29) is 12.2 Å². The molecule has 0 spiro atoms. The molecule has 0 aromatic carbocycles. The molecule has 0 saturated carbocycles. The first-order valence-corrected chi connectivity index (χ1v) is 5.92. The van der Waals surface area contributed by atoms with Crippen LogP contribution in [0, 0.1) is 0 Å². The van der Waals surface area contributed by atoms with Gasteiger partial charge in [-0.15, -0.1) is 0 Å². The molecular formula is C11H15BrN2O2. The Bertz CT molecular complexity index is 369. The Kier molecular flexibility index (Phi) is 4.73. The maximum atomic E-state index is 11.8. The molecule has 0 aliphatic rings. The summed E-state index contributed by atoms with van der Waals surface area (Å²) in [5, 5.41) is 0. The van der Waals surface area contributed by atoms with Crippen molar-refractivity contribution in [3.8, 4) is 0 Å². The van der Waals surface area contributed by atoms with Gasteiger partial charge in [0, 0.05) is 17.2 Å². The third-order valence-electron chi connectivity index (χ3n) is 1.88. The van der Waals surface area contributed by atoms with Gasteiger partial charge in [0.15, 0.2) is 0 Å². The Labute approximate surface area is 104 Å². The molecular weight excluding hydrogens is 272 g/mol. The third kappa shape index (κ3) is 3.48. The summed E-state index contributed by atoms with van der Waals surface area (Å²) in [6.45, 7) is 6.09. The van der Waals surface area contributed by atoms with Gasteiger partial charge in [-0.05, 0) is 42.8 Å². The molecule has 88 valence electrons. The monoisotopic (exact) mass is 286 g/mol. The Morgan fingerprint density at radius 2 is 2.25 bits per heavy atom. The zero-order chi connectivity index (χ0) is 12.1. The van der Waals surface area contributed by atoms with Crippen LogP contribution in [-0.2, 0) is 4.74 Å². The van der Waals surface area contributed by atoms with Crippen molar-refractivity contribution in [2.75, 3.05) is 11.4 Å². The number of ether oxygens (including phenoxy) is 1. The average molecular weight is 287 g/mol. The van der Waals surface area contributed by atoms with E-state index in [1.807, 2.05) is 26.8 Å². The molecule has 0 aliphatic carbocycles. The Morgan fingerprint density at radius 3 is 2.75 bits per heavy atom. The van der Waals surface area contributed by atoms with Crippen LogP contribution in [0.2, 0.25) is 0 Å². The summed E-state index contributed by atoms with van der Waals surface area (Å²) in [7, 11) is 0. The van der Waals surface area contributed by atoms with Crippen LogP contribution >= 0.6 is 15.9 Å². The van der Waals surface area contributed by atoms with Crippen molar-refractivity contribution < 1.29 is 9.53 Å². The quantitative estimate of drug-likeness (QED) is 0.857. The molecule has 1 aromatic heterocycles. The molecule has 0 unspecified atom stereocenters. The molecule has 16 heavy (non-hydrogen) atoms. The molecule has 0 radical (unpaired) electrons. The van der Waals surface area contributed by atoms with E-state index < -0.39 is 0 Å². The highest BCUT2D eigenvalue weighted by molar-refractivity contribution is 9.10. The van der Waals surface area contributed by atoms with Crippen LogP contribution in [0.5, 0.6) is 0 Å². The maximum Gasteiger partial charge on any atom is 0.414 e. The molecule has 0 bridgehead atoms. The van der Waals surface area contributed by atoms with Gasteiger partial charge in [-0.3, -0.25) is 9.88 Å². The smallest absolute Gasteiger partial charge is 0.414 e. The molecule has 0 saturated heterocycles. The number of carbonyl (C=O) groups is 1. The number of carbonyl (C=O) groups excluding carboxylic acids is 1. The highest BCUT2D eigenvalue weighted by Gasteiger charge is 2.16. The van der Waals surface area contributed by atoms with Crippen LogP contribution in [0.3, 0.4) is 0 Å². The number of amides is 1. The SMILES string of the molecule is CCN(C(=O)OC(C)C)c1cncc(Br)c1. The molecule has 1 aromatic rings. The average Bonchev–Trinajstić information content (AvgIpc) is 2.17. The fraction of sp³-hybridized carbons (Fsp3) is 0.455. The highest BCUT2D eigenvalue weighted by Crippen LogP contribution is 2.19. The van der Waals surface area contributed by atoms with Crippen LogP contribution < -0.4 is 4.90 Å². The number of hydrogen-bond donors (Lipinski definition) is 0. The van der Waals surface area contributed by atoms with Gasteiger partial charge in [-0.25, -0.2) is 4.79 Å². The number of anilines is 1. The van der Waals surface area contributed by atoms with Gasteiger partial charge >= 0.3 is 6.09 Å². The lowest BCUT2D eigenvalue weighted by Crippen LogP contribution is -2.33. The largest absolute Gasteiger partial charge is 0.446 e. The normalized spacial score (nSPS) is 10.3. The van der Waals surface area contributed by atoms with Gasteiger partial charge in [-0.2, -0.15) is 0 Å². The number of hydrogen-bond acceptors (Lipinski definition) is 3. The van der Waals surface area contributed by atoms with E-state index in [9.17, 15) is 4.79 Å². The van der Waals surface area contributed by atoms with Gasteiger partial charge in [0.05, 0.1) is 18.0 Å². The van der Waals surface area contributed by atoms with Crippen molar-refractivity contribution in [2.45, 2.75) is 26.9 Å². The van der Waals surface area contributed by atoms with E-state index in [2.05, 4.69) is 20.9 Å². The highest BCUT2D eigenvalue weighted by atomic mass is 79.9. The number of halogens is 1. The third-order valence-corrected chi connectivity index (χ3v) is 2.31. The van der Waals surface area contributed by atoms with Crippen LogP contribution in [0.25, 0.3) is 0 Å². The predicted molar refractivity (Wildman–Crippen MR) is 66.6 cm³/mol. The van der Waals surface area contributed by atoms with Gasteiger partial charge < -0.3 is 4.74 Å². The molecule has 0 fully saturated rings. The van der Waals surface area contributed by atoms with Crippen LogP contribution in [0.4, 0.5) is 10.5 Å². The minimum absolute atomic E-state index is 0.123. The van der Waals surface area contributed by atoms with Crippen molar-refractivity contribution in [3.63, 3.8) is 0 Å². The number of pyridine rings is 1. The van der Waals surface area contributed by atoms with Gasteiger partial charge in [0.2, 0.25) is 0 Å². The summed E-state index contributed by atoms with van der Waals surface area (Å²) >= 11 is 3.32. The molecule has 0 aliphatic heterocycles. The molecule has 1 amide bonds. The summed E-state index contributed by atoms with van der Waals surface area (Å²) in [5.41, 5.74) is 0.725. The Hall–Kier alpha value is -1.10. The minimum Gasteiger partial charge on any atom is -0.446 e. The second kappa shape index (κ2) is 5.84. The molecule has 4 nitrogen and oxygen atoms in total. The summed E-state index contributed by atoms with van der Waals surface area (Å²) in [6, 6.07) is 1.83. The number of nitrogens with zero attached hydrogens (tertiary/aromatic N) is 2. The fourth-order valence-corrected chi connectivity index (χ4v) is 1.58. The fourth-order valence-electron chi connectivity index (χ4n) is 1.23. The lowest BCUT2D eigenvalue weighted by molar-refractivity contribution is 0.123. The first kappa shape index (κ1) is 13.0. The second-order valence-electron chi connectivity index (χ2n) is 3.54. The van der Waals surface area contributed by atoms with E-state index in [1.54, 1.807) is 12.4 Å². The van der Waals surface area contributed by atoms with Crippen LogP contribution in [0.15, 0.2) is 22.9 Å². The molecule has 1 rings (SSSR count). The lowest BCUT2D eigenvalue weighted by atomic mass is 10.4. The van der Waals surface area contributed by atoms with E-state index >= 15 is 0 Å². The predicted octanol–water partition coefficient (Wildman–Crippen LogP) is 3.22. The number of aromatic nitrogens is 1. The van der Waals surface area contributed by atoms with E-state index in [4.69, 9.17) is 4.74 Å². The van der Waals surface area contributed by atoms with Crippen LogP contribution in [-0.4, -0.2) is 23.7 Å². The van der Waals surface area contributed by atoms with Gasteiger partial charge in [-0.1, -0.05) is 0 Å². The zero-order valence-corrected chi connectivity index (χ0v) is 11.2. The zero-order valence-electron chi connectivity index (χ0n) is 9.61. The van der Waals surface area contributed by atoms with Crippen molar-refractivity contribution >= 4 is 27.7 Å².